The summed E-state index contributed by atoms with van der Waals surface area (Å²) in [6.07, 6.45) is -1.20. The molecule has 44 valence electrons. The Morgan fingerprint density at radius 3 is 2.29 bits per heavy atom. The molecule has 7 heavy (non-hydrogen) atoms. The Morgan fingerprint density at radius 2 is 2.14 bits per heavy atom. The summed E-state index contributed by atoms with van der Waals surface area (Å²) in [5, 5.41) is 16.3. The van der Waals surface area contributed by atoms with Crippen molar-refractivity contribution < 1.29 is 10.2 Å². The first kappa shape index (κ1) is 7.97. The molecule has 0 bridgehead atoms. The van der Waals surface area contributed by atoms with Crippen LogP contribution in [0.25, 0.3) is 0 Å². The summed E-state index contributed by atoms with van der Waals surface area (Å²) in [4.78, 5) is 0. The first-order valence-electron chi connectivity index (χ1n) is 1.56. The minimum atomic E-state index is -1.20. The quantitative estimate of drug-likeness (QED) is 0.318. The lowest BCUT2D eigenvalue weighted by molar-refractivity contribution is -0.0184. The Kier molecular flexibility index (Phi) is 5.82. The molecule has 0 aliphatic carbocycles. The van der Waals surface area contributed by atoms with Gasteiger partial charge in [-0.15, -0.1) is 0 Å². The maximum Gasteiger partial charge on any atom is 0.161 e. The second-order valence-electron chi connectivity index (χ2n) is 0.840. The van der Waals surface area contributed by atoms with E-state index in [0.29, 0.717) is 5.75 Å². The van der Waals surface area contributed by atoms with Crippen LogP contribution < -0.4 is 0 Å². The van der Waals surface area contributed by atoms with E-state index in [-0.39, 0.29) is 0 Å². The van der Waals surface area contributed by atoms with Crippen molar-refractivity contribution in [2.75, 3.05) is 5.75 Å². The Balaban J connectivity index is 2.68. The predicted molar refractivity (Wildman–Crippen MR) is 37.3 cm³/mol. The minimum absolute atomic E-state index is 0.314. The van der Waals surface area contributed by atoms with Crippen molar-refractivity contribution >= 4 is 32.3 Å². The van der Waals surface area contributed by atoms with Gasteiger partial charge in [-0.05, 0) is 9.83 Å². The average Bonchev–Trinajstić information content (AvgIpc) is 1.61. The summed E-state index contributed by atoms with van der Waals surface area (Å²) >= 11 is 3.75. The lowest BCUT2D eigenvalue weighted by Gasteiger charge is -1.96. The SMILES string of the molecule is OC(O)CSSS. The Hall–Kier alpha value is 0.970. The number of thiol groups is 1. The summed E-state index contributed by atoms with van der Waals surface area (Å²) < 4.78 is 0. The fourth-order valence-corrected chi connectivity index (χ4v) is 1.37. The molecule has 0 fully saturated rings. The van der Waals surface area contributed by atoms with Gasteiger partial charge in [-0.2, -0.15) is 0 Å². The third kappa shape index (κ3) is 6.97. The van der Waals surface area contributed by atoms with E-state index in [1.807, 2.05) is 0 Å². The number of aliphatic hydroxyl groups is 2. The van der Waals surface area contributed by atoms with Gasteiger partial charge in [-0.3, -0.25) is 0 Å². The van der Waals surface area contributed by atoms with Gasteiger partial charge < -0.3 is 10.2 Å². The topological polar surface area (TPSA) is 40.5 Å². The molecule has 0 atom stereocenters. The van der Waals surface area contributed by atoms with Crippen LogP contribution in [-0.2, 0) is 0 Å². The fourth-order valence-electron chi connectivity index (χ4n) is 0.0913. The third-order valence-corrected chi connectivity index (χ3v) is 2.48. The number of aliphatic hydroxyl groups excluding tert-OH is 1. The molecular formula is C2H6O2S3. The molecule has 0 saturated carbocycles. The summed E-state index contributed by atoms with van der Waals surface area (Å²) in [5.74, 6) is 0.314. The molecule has 0 heterocycles. The van der Waals surface area contributed by atoms with E-state index < -0.39 is 6.29 Å². The van der Waals surface area contributed by atoms with E-state index in [4.69, 9.17) is 10.2 Å². The maximum absolute atomic E-state index is 8.17. The van der Waals surface area contributed by atoms with Crippen molar-refractivity contribution in [1.29, 1.82) is 0 Å². The van der Waals surface area contributed by atoms with Crippen molar-refractivity contribution in [3.63, 3.8) is 0 Å². The second-order valence-corrected chi connectivity index (χ2v) is 4.05. The van der Waals surface area contributed by atoms with E-state index in [2.05, 4.69) is 11.7 Å². The van der Waals surface area contributed by atoms with Crippen LogP contribution in [0, 0.1) is 0 Å². The van der Waals surface area contributed by atoms with Gasteiger partial charge in [-0.1, -0.05) is 22.5 Å². The molecule has 0 amide bonds. The highest BCUT2D eigenvalue weighted by atomic mass is 33.5. The van der Waals surface area contributed by atoms with Gasteiger partial charge in [0.05, 0.1) is 5.75 Å². The molecule has 0 unspecified atom stereocenters. The molecule has 0 spiro atoms. The number of hydrogen-bond acceptors (Lipinski definition) is 5. The molecule has 0 aromatic rings. The van der Waals surface area contributed by atoms with Crippen LogP contribution in [0.3, 0.4) is 0 Å². The molecule has 0 aliphatic rings. The van der Waals surface area contributed by atoms with Gasteiger partial charge >= 0.3 is 0 Å². The zero-order valence-corrected chi connectivity index (χ0v) is 5.97. The first-order chi connectivity index (χ1) is 3.27. The molecule has 5 heteroatoms. The highest BCUT2D eigenvalue weighted by molar-refractivity contribution is 9.05. The minimum Gasteiger partial charge on any atom is -0.367 e. The molecule has 0 aromatic carbocycles. The van der Waals surface area contributed by atoms with Gasteiger partial charge in [0.2, 0.25) is 0 Å². The van der Waals surface area contributed by atoms with Crippen LogP contribution in [0.15, 0.2) is 0 Å². The molecule has 0 radical (unpaired) electrons. The molecule has 2 N–H and O–H groups in total. The highest BCUT2D eigenvalue weighted by Gasteiger charge is 1.93. The first-order valence-corrected chi connectivity index (χ1v) is 4.93. The number of rotatable bonds is 3. The molecule has 0 saturated heterocycles. The molecule has 0 aliphatic heterocycles. The van der Waals surface area contributed by atoms with Crippen LogP contribution in [-0.4, -0.2) is 22.3 Å². The van der Waals surface area contributed by atoms with E-state index in [1.54, 1.807) is 0 Å². The lowest BCUT2D eigenvalue weighted by atomic mass is 10.8. The van der Waals surface area contributed by atoms with E-state index in [0.717, 1.165) is 0 Å². The maximum atomic E-state index is 8.17. The summed E-state index contributed by atoms with van der Waals surface area (Å²) in [5.41, 5.74) is 0. The fraction of sp³-hybridized carbons (Fsp3) is 1.00. The van der Waals surface area contributed by atoms with Crippen LogP contribution in [0.1, 0.15) is 0 Å². The summed E-state index contributed by atoms with van der Waals surface area (Å²) in [6.45, 7) is 0. The van der Waals surface area contributed by atoms with E-state index >= 15 is 0 Å². The Morgan fingerprint density at radius 1 is 1.57 bits per heavy atom. The lowest BCUT2D eigenvalue weighted by Crippen LogP contribution is -2.05. The van der Waals surface area contributed by atoms with Crippen molar-refractivity contribution in [3.8, 4) is 0 Å². The van der Waals surface area contributed by atoms with Crippen LogP contribution in [0.2, 0.25) is 0 Å². The molecular weight excluding hydrogens is 152 g/mol. The van der Waals surface area contributed by atoms with E-state index in [9.17, 15) is 0 Å². The van der Waals surface area contributed by atoms with E-state index in [1.165, 1.54) is 20.6 Å². The monoisotopic (exact) mass is 158 g/mol. The Labute approximate surface area is 54.9 Å². The van der Waals surface area contributed by atoms with Gasteiger partial charge in [0, 0.05) is 0 Å². The van der Waals surface area contributed by atoms with Crippen molar-refractivity contribution in [2.24, 2.45) is 0 Å². The Bertz CT molecular complexity index is 39.9. The normalized spacial score (nSPS) is 10.3. The van der Waals surface area contributed by atoms with Gasteiger partial charge in [0.15, 0.2) is 6.29 Å². The second kappa shape index (κ2) is 5.11. The zero-order valence-electron chi connectivity index (χ0n) is 3.44. The van der Waals surface area contributed by atoms with Gasteiger partial charge in [-0.25, -0.2) is 0 Å². The third-order valence-electron chi connectivity index (χ3n) is 0.270. The highest BCUT2D eigenvalue weighted by Crippen LogP contribution is 2.24. The summed E-state index contributed by atoms with van der Waals surface area (Å²) in [6, 6.07) is 0. The summed E-state index contributed by atoms with van der Waals surface area (Å²) in [7, 11) is 2.52. The molecule has 0 rings (SSSR count). The van der Waals surface area contributed by atoms with Crippen molar-refractivity contribution in [2.45, 2.75) is 6.29 Å². The van der Waals surface area contributed by atoms with Crippen LogP contribution in [0.5, 0.6) is 0 Å². The van der Waals surface area contributed by atoms with Crippen molar-refractivity contribution in [3.05, 3.63) is 0 Å². The largest absolute Gasteiger partial charge is 0.367 e. The van der Waals surface area contributed by atoms with Crippen LogP contribution >= 0.6 is 32.3 Å². The van der Waals surface area contributed by atoms with Gasteiger partial charge in [0.25, 0.3) is 0 Å². The average molecular weight is 158 g/mol. The molecule has 0 aromatic heterocycles. The molecule has 2 nitrogen and oxygen atoms in total. The van der Waals surface area contributed by atoms with Crippen molar-refractivity contribution in [1.82, 2.24) is 0 Å². The smallest absolute Gasteiger partial charge is 0.161 e. The number of hydrogen-bond donors (Lipinski definition) is 3. The van der Waals surface area contributed by atoms with Gasteiger partial charge in [0.1, 0.15) is 0 Å². The zero-order chi connectivity index (χ0) is 5.70. The predicted octanol–water partition coefficient (Wildman–Crippen LogP) is 0.523. The standard InChI is InChI=1S/C2H6O2S3/c3-2(4)1-6-7-5/h2-5H,1H2. The van der Waals surface area contributed by atoms with Crippen LogP contribution in [0.4, 0.5) is 0 Å².